The van der Waals surface area contributed by atoms with Crippen LogP contribution in [0.15, 0.2) is 53.6 Å². The Morgan fingerprint density at radius 2 is 1.96 bits per heavy atom. The fourth-order valence-electron chi connectivity index (χ4n) is 3.61. The molecule has 28 heavy (non-hydrogen) atoms. The molecule has 0 amide bonds. The Hall–Kier alpha value is -2.93. The smallest absolute Gasteiger partial charge is 0.251 e. The number of hydrogen-bond acceptors (Lipinski definition) is 4. The standard InChI is InChI=1S/C21H20F2N4O/c22-17-5-1-3-16(20(17)23)13-27-9-6-14(7-10-27)21-25-18(11-19(28)26-21)15-4-2-8-24-12-15/h1-5,8,11-12,14H,6-7,9-10,13H2,(H,25,26,28). The lowest BCUT2D eigenvalue weighted by Crippen LogP contribution is -2.33. The maximum absolute atomic E-state index is 13.9. The van der Waals surface area contributed by atoms with E-state index in [1.807, 2.05) is 12.1 Å². The van der Waals surface area contributed by atoms with E-state index in [0.717, 1.165) is 37.6 Å². The van der Waals surface area contributed by atoms with Crippen molar-refractivity contribution < 1.29 is 8.78 Å². The first kappa shape index (κ1) is 18.4. The highest BCUT2D eigenvalue weighted by atomic mass is 19.2. The summed E-state index contributed by atoms with van der Waals surface area (Å²) < 4.78 is 27.3. The molecule has 0 radical (unpaired) electrons. The van der Waals surface area contributed by atoms with E-state index < -0.39 is 11.6 Å². The minimum absolute atomic E-state index is 0.123. The van der Waals surface area contributed by atoms with Gasteiger partial charge in [0.1, 0.15) is 5.82 Å². The number of pyridine rings is 1. The van der Waals surface area contributed by atoms with Crippen LogP contribution >= 0.6 is 0 Å². The van der Waals surface area contributed by atoms with E-state index >= 15 is 0 Å². The van der Waals surface area contributed by atoms with E-state index in [9.17, 15) is 13.6 Å². The molecule has 7 heteroatoms. The zero-order valence-electron chi connectivity index (χ0n) is 15.2. The van der Waals surface area contributed by atoms with Crippen LogP contribution in [-0.2, 0) is 6.54 Å². The van der Waals surface area contributed by atoms with Gasteiger partial charge >= 0.3 is 0 Å². The summed E-state index contributed by atoms with van der Waals surface area (Å²) in [5.41, 5.74) is 1.58. The van der Waals surface area contributed by atoms with Crippen LogP contribution in [0.2, 0.25) is 0 Å². The highest BCUT2D eigenvalue weighted by Crippen LogP contribution is 2.27. The van der Waals surface area contributed by atoms with Crippen molar-refractivity contribution in [3.05, 3.63) is 82.2 Å². The molecule has 0 bridgehead atoms. The second-order valence-corrected chi connectivity index (χ2v) is 7.02. The van der Waals surface area contributed by atoms with E-state index in [4.69, 9.17) is 0 Å². The van der Waals surface area contributed by atoms with E-state index in [0.29, 0.717) is 23.6 Å². The molecule has 0 spiro atoms. The number of nitrogens with zero attached hydrogens (tertiary/aromatic N) is 3. The largest absolute Gasteiger partial charge is 0.310 e. The Kier molecular flexibility index (Phi) is 5.25. The molecule has 0 unspecified atom stereocenters. The van der Waals surface area contributed by atoms with E-state index in [1.54, 1.807) is 18.5 Å². The van der Waals surface area contributed by atoms with Gasteiger partial charge in [0.15, 0.2) is 11.6 Å². The summed E-state index contributed by atoms with van der Waals surface area (Å²) in [5, 5.41) is 0. The second-order valence-electron chi connectivity index (χ2n) is 7.02. The molecule has 144 valence electrons. The molecule has 1 aromatic carbocycles. The van der Waals surface area contributed by atoms with Crippen LogP contribution < -0.4 is 5.56 Å². The van der Waals surface area contributed by atoms with Gasteiger partial charge in [-0.15, -0.1) is 0 Å². The van der Waals surface area contributed by atoms with Crippen LogP contribution in [-0.4, -0.2) is 32.9 Å². The third-order valence-electron chi connectivity index (χ3n) is 5.12. The zero-order chi connectivity index (χ0) is 19.5. The molecule has 1 aliphatic rings. The Bertz CT molecular complexity index is 1010. The second kappa shape index (κ2) is 7.98. The number of aromatic nitrogens is 3. The van der Waals surface area contributed by atoms with E-state index in [1.165, 1.54) is 12.1 Å². The number of likely N-dealkylation sites (tertiary alicyclic amines) is 1. The topological polar surface area (TPSA) is 61.9 Å². The van der Waals surface area contributed by atoms with Crippen molar-refractivity contribution in [2.75, 3.05) is 13.1 Å². The quantitative estimate of drug-likeness (QED) is 0.750. The number of hydrogen-bond donors (Lipinski definition) is 1. The Balaban J connectivity index is 1.46. The van der Waals surface area contributed by atoms with Crippen molar-refractivity contribution in [3.8, 4) is 11.3 Å². The predicted molar refractivity (Wildman–Crippen MR) is 102 cm³/mol. The van der Waals surface area contributed by atoms with Crippen molar-refractivity contribution in [3.63, 3.8) is 0 Å². The van der Waals surface area contributed by atoms with Crippen molar-refractivity contribution in [1.29, 1.82) is 0 Å². The van der Waals surface area contributed by atoms with Gasteiger partial charge in [-0.2, -0.15) is 0 Å². The van der Waals surface area contributed by atoms with Crippen LogP contribution in [0.1, 0.15) is 30.1 Å². The van der Waals surface area contributed by atoms with Gasteiger partial charge in [0.05, 0.1) is 5.69 Å². The fourth-order valence-corrected chi connectivity index (χ4v) is 3.61. The molecule has 1 N–H and O–H groups in total. The van der Waals surface area contributed by atoms with Gasteiger partial charge < -0.3 is 4.98 Å². The lowest BCUT2D eigenvalue weighted by Gasteiger charge is -2.31. The number of halogens is 2. The molecule has 4 rings (SSSR count). The highest BCUT2D eigenvalue weighted by Gasteiger charge is 2.24. The minimum atomic E-state index is -0.818. The Morgan fingerprint density at radius 3 is 2.71 bits per heavy atom. The molecule has 0 saturated carbocycles. The molecular formula is C21H20F2N4O. The average molecular weight is 382 g/mol. The van der Waals surface area contributed by atoms with E-state index in [2.05, 4.69) is 19.9 Å². The summed E-state index contributed by atoms with van der Waals surface area (Å²) in [6.07, 6.45) is 4.93. The third kappa shape index (κ3) is 3.99. The van der Waals surface area contributed by atoms with Crippen LogP contribution in [0.5, 0.6) is 0 Å². The number of aromatic amines is 1. The summed E-state index contributed by atoms with van der Waals surface area (Å²) in [4.78, 5) is 25.8. The van der Waals surface area contributed by atoms with Crippen molar-refractivity contribution in [1.82, 2.24) is 19.9 Å². The van der Waals surface area contributed by atoms with Gasteiger partial charge in [-0.3, -0.25) is 14.7 Å². The molecule has 1 aliphatic heterocycles. The van der Waals surface area contributed by atoms with Gasteiger partial charge in [-0.05, 0) is 44.1 Å². The molecule has 1 fully saturated rings. The lowest BCUT2D eigenvalue weighted by molar-refractivity contribution is 0.199. The van der Waals surface area contributed by atoms with Gasteiger partial charge in [0.25, 0.3) is 5.56 Å². The Morgan fingerprint density at radius 1 is 1.14 bits per heavy atom. The zero-order valence-corrected chi connectivity index (χ0v) is 15.2. The number of H-pyrrole nitrogens is 1. The fraction of sp³-hybridized carbons (Fsp3) is 0.286. The number of benzene rings is 1. The lowest BCUT2D eigenvalue weighted by atomic mass is 9.95. The number of rotatable bonds is 4. The van der Waals surface area contributed by atoms with Crippen molar-refractivity contribution in [2.45, 2.75) is 25.3 Å². The highest BCUT2D eigenvalue weighted by molar-refractivity contribution is 5.56. The monoisotopic (exact) mass is 382 g/mol. The molecule has 0 atom stereocenters. The summed E-state index contributed by atoms with van der Waals surface area (Å²) in [6.45, 7) is 1.82. The number of piperidine rings is 1. The van der Waals surface area contributed by atoms with Gasteiger partial charge in [-0.25, -0.2) is 13.8 Å². The van der Waals surface area contributed by atoms with Crippen molar-refractivity contribution >= 4 is 0 Å². The molecule has 1 saturated heterocycles. The Labute approximate surface area is 161 Å². The summed E-state index contributed by atoms with van der Waals surface area (Å²) >= 11 is 0. The van der Waals surface area contributed by atoms with Crippen LogP contribution in [0.4, 0.5) is 8.78 Å². The first-order chi connectivity index (χ1) is 13.6. The van der Waals surface area contributed by atoms with Crippen molar-refractivity contribution in [2.24, 2.45) is 0 Å². The molecular weight excluding hydrogens is 362 g/mol. The maximum Gasteiger partial charge on any atom is 0.251 e. The van der Waals surface area contributed by atoms with Crippen LogP contribution in [0.3, 0.4) is 0 Å². The SMILES string of the molecule is O=c1cc(-c2cccnc2)nc(C2CCN(Cc3cccc(F)c3F)CC2)[nH]1. The minimum Gasteiger partial charge on any atom is -0.310 e. The summed E-state index contributed by atoms with van der Waals surface area (Å²) in [6, 6.07) is 9.42. The predicted octanol–water partition coefficient (Wildman–Crippen LogP) is 3.49. The molecule has 2 aromatic heterocycles. The normalized spacial score (nSPS) is 15.6. The summed E-state index contributed by atoms with van der Waals surface area (Å²) in [5.74, 6) is -0.804. The van der Waals surface area contributed by atoms with Gasteiger partial charge in [-0.1, -0.05) is 12.1 Å². The maximum atomic E-state index is 13.9. The van der Waals surface area contributed by atoms with E-state index in [-0.39, 0.29) is 11.5 Å². The third-order valence-corrected chi connectivity index (χ3v) is 5.12. The van der Waals surface area contributed by atoms with Gasteiger partial charge in [0.2, 0.25) is 0 Å². The molecule has 5 nitrogen and oxygen atoms in total. The first-order valence-electron chi connectivity index (χ1n) is 9.27. The average Bonchev–Trinajstić information content (AvgIpc) is 2.72. The number of nitrogens with one attached hydrogen (secondary N) is 1. The summed E-state index contributed by atoms with van der Waals surface area (Å²) in [7, 11) is 0. The van der Waals surface area contributed by atoms with Crippen LogP contribution in [0, 0.1) is 11.6 Å². The molecule has 0 aliphatic carbocycles. The molecule has 3 aromatic rings. The van der Waals surface area contributed by atoms with Gasteiger partial charge in [0, 0.05) is 42.0 Å². The van der Waals surface area contributed by atoms with Crippen LogP contribution in [0.25, 0.3) is 11.3 Å². The first-order valence-corrected chi connectivity index (χ1v) is 9.27. The molecule has 3 heterocycles.